The van der Waals surface area contributed by atoms with Gasteiger partial charge in [-0.05, 0) is 45.2 Å². The summed E-state index contributed by atoms with van der Waals surface area (Å²) in [5.74, 6) is 0.206. The Morgan fingerprint density at radius 1 is 1.29 bits per heavy atom. The van der Waals surface area contributed by atoms with Gasteiger partial charge in [-0.3, -0.25) is 9.69 Å². The molecule has 21 heavy (non-hydrogen) atoms. The molecule has 0 unspecified atom stereocenters. The van der Waals surface area contributed by atoms with Crippen LogP contribution < -0.4 is 0 Å². The Kier molecular flexibility index (Phi) is 4.60. The van der Waals surface area contributed by atoms with Crippen molar-refractivity contribution in [2.45, 2.75) is 58.0 Å². The summed E-state index contributed by atoms with van der Waals surface area (Å²) >= 11 is 1.56. The van der Waals surface area contributed by atoms with Gasteiger partial charge < -0.3 is 4.90 Å². The molecule has 2 atom stereocenters. The van der Waals surface area contributed by atoms with Gasteiger partial charge in [0.25, 0.3) is 5.91 Å². The highest BCUT2D eigenvalue weighted by atomic mass is 32.1. The van der Waals surface area contributed by atoms with E-state index in [1.54, 1.807) is 17.5 Å². The summed E-state index contributed by atoms with van der Waals surface area (Å²) in [6.07, 6.45) is 7.50. The highest BCUT2D eigenvalue weighted by molar-refractivity contribution is 7.13. The standard InChI is InChI=1S/C16H25N3OS/c1-3-15-17-11-14(21-15)16(20)19-10-6-8-13(19)12-7-5-9-18(12)4-2/h11-13H,3-10H2,1-2H3/t12-,13+/m0/s1. The van der Waals surface area contributed by atoms with Crippen LogP contribution in [0.5, 0.6) is 0 Å². The fourth-order valence-electron chi connectivity index (χ4n) is 3.84. The molecule has 0 aromatic carbocycles. The summed E-state index contributed by atoms with van der Waals surface area (Å²) in [5.41, 5.74) is 0. The molecule has 0 aliphatic carbocycles. The molecule has 2 fully saturated rings. The number of likely N-dealkylation sites (tertiary alicyclic amines) is 2. The van der Waals surface area contributed by atoms with Gasteiger partial charge in [0.1, 0.15) is 4.88 Å². The zero-order valence-electron chi connectivity index (χ0n) is 13.0. The lowest BCUT2D eigenvalue weighted by Crippen LogP contribution is -2.48. The van der Waals surface area contributed by atoms with Gasteiger partial charge in [-0.2, -0.15) is 0 Å². The average molecular weight is 307 g/mol. The summed E-state index contributed by atoms with van der Waals surface area (Å²) in [4.78, 5) is 22.7. The van der Waals surface area contributed by atoms with Crippen molar-refractivity contribution in [1.82, 2.24) is 14.8 Å². The quantitative estimate of drug-likeness (QED) is 0.858. The van der Waals surface area contributed by atoms with Crippen LogP contribution in [0.3, 0.4) is 0 Å². The monoisotopic (exact) mass is 307 g/mol. The minimum Gasteiger partial charge on any atom is -0.333 e. The number of aromatic nitrogens is 1. The molecule has 0 spiro atoms. The molecule has 0 saturated carbocycles. The number of amides is 1. The fraction of sp³-hybridized carbons (Fsp3) is 0.750. The van der Waals surface area contributed by atoms with E-state index in [1.165, 1.54) is 19.4 Å². The lowest BCUT2D eigenvalue weighted by atomic mass is 10.0. The summed E-state index contributed by atoms with van der Waals surface area (Å²) in [7, 11) is 0. The van der Waals surface area contributed by atoms with Gasteiger partial charge in [-0.1, -0.05) is 13.8 Å². The van der Waals surface area contributed by atoms with E-state index in [-0.39, 0.29) is 5.91 Å². The first-order valence-corrected chi connectivity index (χ1v) is 9.06. The van der Waals surface area contributed by atoms with Crippen LogP contribution in [0.25, 0.3) is 0 Å². The van der Waals surface area contributed by atoms with E-state index in [0.29, 0.717) is 12.1 Å². The highest BCUT2D eigenvalue weighted by Gasteiger charge is 2.39. The molecule has 1 aromatic heterocycles. The van der Waals surface area contributed by atoms with E-state index in [4.69, 9.17) is 0 Å². The molecule has 0 radical (unpaired) electrons. The normalized spacial score (nSPS) is 26.7. The minimum absolute atomic E-state index is 0.206. The Morgan fingerprint density at radius 2 is 2.05 bits per heavy atom. The molecular weight excluding hydrogens is 282 g/mol. The van der Waals surface area contributed by atoms with Crippen molar-refractivity contribution in [3.05, 3.63) is 16.1 Å². The molecule has 3 rings (SSSR count). The second kappa shape index (κ2) is 6.44. The van der Waals surface area contributed by atoms with Gasteiger partial charge >= 0.3 is 0 Å². The lowest BCUT2D eigenvalue weighted by Gasteiger charge is -2.34. The van der Waals surface area contributed by atoms with Crippen molar-refractivity contribution in [2.75, 3.05) is 19.6 Å². The third kappa shape index (κ3) is 2.86. The number of aryl methyl sites for hydroxylation is 1. The topological polar surface area (TPSA) is 36.4 Å². The summed E-state index contributed by atoms with van der Waals surface area (Å²) < 4.78 is 0. The van der Waals surface area contributed by atoms with E-state index in [2.05, 4.69) is 28.6 Å². The number of rotatable bonds is 4. The third-order valence-corrected chi connectivity index (χ3v) is 6.02. The van der Waals surface area contributed by atoms with Crippen molar-refractivity contribution in [3.63, 3.8) is 0 Å². The van der Waals surface area contributed by atoms with Crippen LogP contribution in [0.2, 0.25) is 0 Å². The fourth-order valence-corrected chi connectivity index (χ4v) is 4.65. The number of hydrogen-bond donors (Lipinski definition) is 0. The number of carbonyl (C=O) groups is 1. The van der Waals surface area contributed by atoms with E-state index in [9.17, 15) is 4.79 Å². The number of hydrogen-bond acceptors (Lipinski definition) is 4. The molecule has 2 saturated heterocycles. The van der Waals surface area contributed by atoms with E-state index in [0.717, 1.165) is 42.2 Å². The predicted molar refractivity (Wildman–Crippen MR) is 85.8 cm³/mol. The maximum absolute atomic E-state index is 12.8. The minimum atomic E-state index is 0.206. The van der Waals surface area contributed by atoms with Crippen LogP contribution in [0.1, 0.15) is 54.2 Å². The van der Waals surface area contributed by atoms with Gasteiger partial charge in [-0.25, -0.2) is 4.98 Å². The predicted octanol–water partition coefficient (Wildman–Crippen LogP) is 2.79. The van der Waals surface area contributed by atoms with Gasteiger partial charge in [0.2, 0.25) is 0 Å². The maximum Gasteiger partial charge on any atom is 0.265 e. The zero-order valence-corrected chi connectivity index (χ0v) is 13.9. The molecular formula is C16H25N3OS. The Hall–Kier alpha value is -0.940. The molecule has 0 bridgehead atoms. The number of carbonyl (C=O) groups excluding carboxylic acids is 1. The highest BCUT2D eigenvalue weighted by Crippen LogP contribution is 2.31. The number of thiazole rings is 1. The largest absolute Gasteiger partial charge is 0.333 e. The lowest BCUT2D eigenvalue weighted by molar-refractivity contribution is 0.0654. The van der Waals surface area contributed by atoms with Crippen LogP contribution >= 0.6 is 11.3 Å². The first-order valence-electron chi connectivity index (χ1n) is 8.24. The Labute approximate surface area is 131 Å². The van der Waals surface area contributed by atoms with Crippen molar-refractivity contribution >= 4 is 17.2 Å². The van der Waals surface area contributed by atoms with Crippen molar-refractivity contribution in [3.8, 4) is 0 Å². The van der Waals surface area contributed by atoms with Crippen molar-refractivity contribution in [2.24, 2.45) is 0 Å². The summed E-state index contributed by atoms with van der Waals surface area (Å²) in [6.45, 7) is 7.53. The Morgan fingerprint density at radius 3 is 2.76 bits per heavy atom. The molecule has 2 aliphatic rings. The molecule has 1 aromatic rings. The molecule has 2 aliphatic heterocycles. The third-order valence-electron chi connectivity index (χ3n) is 4.89. The van der Waals surface area contributed by atoms with Gasteiger partial charge in [0.15, 0.2) is 0 Å². The van der Waals surface area contributed by atoms with Gasteiger partial charge in [-0.15, -0.1) is 11.3 Å². The maximum atomic E-state index is 12.8. The second-order valence-electron chi connectivity index (χ2n) is 6.02. The molecule has 4 nitrogen and oxygen atoms in total. The number of nitrogens with zero attached hydrogens (tertiary/aromatic N) is 3. The number of likely N-dealkylation sites (N-methyl/N-ethyl adjacent to an activating group) is 1. The van der Waals surface area contributed by atoms with Crippen LogP contribution in [-0.4, -0.2) is 52.4 Å². The zero-order chi connectivity index (χ0) is 14.8. The first-order chi connectivity index (χ1) is 10.2. The van der Waals surface area contributed by atoms with E-state index in [1.807, 2.05) is 0 Å². The molecule has 1 amide bonds. The smallest absolute Gasteiger partial charge is 0.265 e. The van der Waals surface area contributed by atoms with E-state index >= 15 is 0 Å². The van der Waals surface area contributed by atoms with Crippen LogP contribution in [0, 0.1) is 0 Å². The molecule has 0 N–H and O–H groups in total. The molecule has 116 valence electrons. The van der Waals surface area contributed by atoms with Crippen LogP contribution in [0.15, 0.2) is 6.20 Å². The van der Waals surface area contributed by atoms with Crippen molar-refractivity contribution < 1.29 is 4.79 Å². The SMILES string of the molecule is CCc1ncc(C(=O)N2CCC[C@@H]2[C@@H]2CCCN2CC)s1. The molecule has 3 heterocycles. The van der Waals surface area contributed by atoms with Gasteiger partial charge in [0.05, 0.1) is 11.2 Å². The average Bonchev–Trinajstić information content (AvgIpc) is 3.23. The van der Waals surface area contributed by atoms with Gasteiger partial charge in [0, 0.05) is 18.6 Å². The van der Waals surface area contributed by atoms with Crippen molar-refractivity contribution in [1.29, 1.82) is 0 Å². The van der Waals surface area contributed by atoms with Crippen LogP contribution in [0.4, 0.5) is 0 Å². The summed E-state index contributed by atoms with van der Waals surface area (Å²) in [5, 5.41) is 1.06. The van der Waals surface area contributed by atoms with Crippen LogP contribution in [-0.2, 0) is 6.42 Å². The Balaban J connectivity index is 1.75. The second-order valence-corrected chi connectivity index (χ2v) is 7.13. The Bertz CT molecular complexity index is 501. The summed E-state index contributed by atoms with van der Waals surface area (Å²) in [6, 6.07) is 0.979. The van der Waals surface area contributed by atoms with E-state index < -0.39 is 0 Å². The first kappa shape index (κ1) is 15.0. The molecule has 5 heteroatoms.